The van der Waals surface area contributed by atoms with Crippen LogP contribution in [-0.2, 0) is 0 Å². The van der Waals surface area contributed by atoms with E-state index in [4.69, 9.17) is 13.9 Å². The van der Waals surface area contributed by atoms with Gasteiger partial charge in [-0.25, -0.2) is 4.98 Å². The Balaban J connectivity index is 2.33. The second-order valence-electron chi connectivity index (χ2n) is 3.17. The highest BCUT2D eigenvalue weighted by atomic mass is 16.6. The van der Waals surface area contributed by atoms with E-state index in [1.165, 1.54) is 0 Å². The van der Waals surface area contributed by atoms with Crippen molar-refractivity contribution in [2.75, 3.05) is 13.2 Å². The van der Waals surface area contributed by atoms with Gasteiger partial charge in [-0.15, -0.1) is 0 Å². The summed E-state index contributed by atoms with van der Waals surface area (Å²) in [6, 6.07) is 3.73. The number of aryl methyl sites for hydroxylation is 1. The predicted octanol–water partition coefficient (Wildman–Crippen LogP) is 1.91. The van der Waals surface area contributed by atoms with Crippen LogP contribution < -0.4 is 9.47 Å². The van der Waals surface area contributed by atoms with Crippen LogP contribution in [0.15, 0.2) is 16.5 Å². The summed E-state index contributed by atoms with van der Waals surface area (Å²) < 4.78 is 16.4. The molecule has 1 aliphatic heterocycles. The van der Waals surface area contributed by atoms with Gasteiger partial charge in [0.2, 0.25) is 11.3 Å². The molecule has 0 atom stereocenters. The van der Waals surface area contributed by atoms with Crippen LogP contribution in [0.2, 0.25) is 0 Å². The van der Waals surface area contributed by atoms with Crippen LogP contribution in [0.25, 0.3) is 11.1 Å². The fraction of sp³-hybridized carbons (Fsp3) is 0.300. The maximum absolute atomic E-state index is 5.49. The molecule has 4 heteroatoms. The first kappa shape index (κ1) is 7.67. The number of aromatic nitrogens is 1. The molecule has 0 saturated heterocycles. The Hall–Kier alpha value is -1.71. The Morgan fingerprint density at radius 2 is 2.07 bits per heavy atom. The average Bonchev–Trinajstić information content (AvgIpc) is 2.59. The van der Waals surface area contributed by atoms with Crippen LogP contribution >= 0.6 is 0 Å². The van der Waals surface area contributed by atoms with Gasteiger partial charge in [0.05, 0.1) is 0 Å². The summed E-state index contributed by atoms with van der Waals surface area (Å²) in [6.07, 6.45) is 0. The molecule has 0 saturated carbocycles. The van der Waals surface area contributed by atoms with Crippen LogP contribution in [0.3, 0.4) is 0 Å². The van der Waals surface area contributed by atoms with E-state index in [2.05, 4.69) is 4.98 Å². The van der Waals surface area contributed by atoms with Crippen molar-refractivity contribution in [1.82, 2.24) is 4.98 Å². The van der Waals surface area contributed by atoms with Crippen molar-refractivity contribution in [3.63, 3.8) is 0 Å². The molecule has 0 spiro atoms. The summed E-state index contributed by atoms with van der Waals surface area (Å²) in [4.78, 5) is 4.22. The van der Waals surface area contributed by atoms with Gasteiger partial charge in [-0.1, -0.05) is 0 Å². The fourth-order valence-corrected chi connectivity index (χ4v) is 1.61. The molecule has 0 amide bonds. The molecular formula is C10H9NO3. The lowest BCUT2D eigenvalue weighted by molar-refractivity contribution is 0.172. The number of fused-ring (bicyclic) bond motifs is 3. The van der Waals surface area contributed by atoms with E-state index in [1.54, 1.807) is 0 Å². The summed E-state index contributed by atoms with van der Waals surface area (Å²) in [5.41, 5.74) is 1.49. The molecule has 0 fully saturated rings. The van der Waals surface area contributed by atoms with Gasteiger partial charge < -0.3 is 13.9 Å². The van der Waals surface area contributed by atoms with Gasteiger partial charge in [-0.3, -0.25) is 0 Å². The van der Waals surface area contributed by atoms with Gasteiger partial charge in [0, 0.05) is 6.92 Å². The minimum Gasteiger partial charge on any atom is -0.486 e. The van der Waals surface area contributed by atoms with Gasteiger partial charge in [0.1, 0.15) is 18.7 Å². The summed E-state index contributed by atoms with van der Waals surface area (Å²) in [7, 11) is 0. The standard InChI is InChI=1S/C10H9NO3/c1-6-11-7-2-3-8-10(9(7)14-6)13-5-4-12-8/h2-3H,4-5H2,1H3. The first-order chi connectivity index (χ1) is 6.84. The Morgan fingerprint density at radius 3 is 3.00 bits per heavy atom. The number of ether oxygens (including phenoxy) is 2. The van der Waals surface area contributed by atoms with Crippen LogP contribution in [0.1, 0.15) is 5.89 Å². The number of rotatable bonds is 0. The smallest absolute Gasteiger partial charge is 0.206 e. The lowest BCUT2D eigenvalue weighted by Gasteiger charge is -2.17. The molecule has 1 aliphatic rings. The number of nitrogens with zero attached hydrogens (tertiary/aromatic N) is 1. The molecule has 2 aromatic rings. The lowest BCUT2D eigenvalue weighted by atomic mass is 10.2. The molecule has 1 aromatic heterocycles. The molecular weight excluding hydrogens is 182 g/mol. The van der Waals surface area contributed by atoms with Gasteiger partial charge in [-0.2, -0.15) is 0 Å². The normalized spacial score (nSPS) is 14.6. The van der Waals surface area contributed by atoms with E-state index in [0.717, 1.165) is 11.3 Å². The van der Waals surface area contributed by atoms with Crippen molar-refractivity contribution in [3.8, 4) is 11.5 Å². The summed E-state index contributed by atoms with van der Waals surface area (Å²) in [5.74, 6) is 2.05. The van der Waals surface area contributed by atoms with E-state index < -0.39 is 0 Å². The number of oxazole rings is 1. The van der Waals surface area contributed by atoms with Crippen LogP contribution in [0.5, 0.6) is 11.5 Å². The average molecular weight is 191 g/mol. The zero-order valence-corrected chi connectivity index (χ0v) is 7.74. The summed E-state index contributed by atoms with van der Waals surface area (Å²) in [6.45, 7) is 2.97. The molecule has 2 heterocycles. The van der Waals surface area contributed by atoms with Crippen LogP contribution in [0.4, 0.5) is 0 Å². The minimum atomic E-state index is 0.561. The lowest BCUT2D eigenvalue weighted by Crippen LogP contribution is -2.15. The van der Waals surface area contributed by atoms with Crippen molar-refractivity contribution in [3.05, 3.63) is 18.0 Å². The second kappa shape index (κ2) is 2.64. The second-order valence-corrected chi connectivity index (χ2v) is 3.17. The maximum atomic E-state index is 5.49. The van der Waals surface area contributed by atoms with Crippen molar-refractivity contribution in [2.24, 2.45) is 0 Å². The highest BCUT2D eigenvalue weighted by Crippen LogP contribution is 2.37. The molecule has 3 rings (SSSR count). The van der Waals surface area contributed by atoms with Crippen molar-refractivity contribution in [1.29, 1.82) is 0 Å². The third-order valence-corrected chi connectivity index (χ3v) is 2.17. The monoisotopic (exact) mass is 191 g/mol. The Bertz CT molecular complexity index is 489. The van der Waals surface area contributed by atoms with Gasteiger partial charge >= 0.3 is 0 Å². The number of benzene rings is 1. The first-order valence-electron chi connectivity index (χ1n) is 4.50. The zero-order chi connectivity index (χ0) is 9.54. The van der Waals surface area contributed by atoms with E-state index in [0.29, 0.717) is 30.4 Å². The maximum Gasteiger partial charge on any atom is 0.206 e. The highest BCUT2D eigenvalue weighted by molar-refractivity contribution is 5.82. The van der Waals surface area contributed by atoms with Crippen LogP contribution in [0, 0.1) is 6.92 Å². The molecule has 4 nitrogen and oxygen atoms in total. The van der Waals surface area contributed by atoms with Crippen molar-refractivity contribution >= 4 is 11.1 Å². The van der Waals surface area contributed by atoms with E-state index in [9.17, 15) is 0 Å². The van der Waals surface area contributed by atoms with E-state index >= 15 is 0 Å². The molecule has 14 heavy (non-hydrogen) atoms. The SMILES string of the molecule is Cc1nc2ccc3c(c2o1)OCCO3. The molecule has 0 radical (unpaired) electrons. The first-order valence-corrected chi connectivity index (χ1v) is 4.50. The van der Waals surface area contributed by atoms with Gasteiger partial charge in [-0.05, 0) is 12.1 Å². The number of hydrogen-bond donors (Lipinski definition) is 0. The van der Waals surface area contributed by atoms with Crippen molar-refractivity contribution < 1.29 is 13.9 Å². The molecule has 1 aromatic carbocycles. The van der Waals surface area contributed by atoms with Gasteiger partial charge in [0.15, 0.2) is 11.6 Å². The third-order valence-electron chi connectivity index (χ3n) is 2.17. The molecule has 72 valence electrons. The molecule has 0 unspecified atom stereocenters. The van der Waals surface area contributed by atoms with Gasteiger partial charge in [0.25, 0.3) is 0 Å². The topological polar surface area (TPSA) is 44.5 Å². The Kier molecular flexibility index (Phi) is 1.45. The van der Waals surface area contributed by atoms with Crippen molar-refractivity contribution in [2.45, 2.75) is 6.92 Å². The largest absolute Gasteiger partial charge is 0.486 e. The summed E-state index contributed by atoms with van der Waals surface area (Å²) >= 11 is 0. The highest BCUT2D eigenvalue weighted by Gasteiger charge is 2.18. The minimum absolute atomic E-state index is 0.561. The zero-order valence-electron chi connectivity index (χ0n) is 7.74. The quantitative estimate of drug-likeness (QED) is 0.638. The molecule has 0 aliphatic carbocycles. The van der Waals surface area contributed by atoms with Crippen LogP contribution in [-0.4, -0.2) is 18.2 Å². The molecule has 0 N–H and O–H groups in total. The van der Waals surface area contributed by atoms with E-state index in [1.807, 2.05) is 19.1 Å². The Morgan fingerprint density at radius 1 is 1.21 bits per heavy atom. The predicted molar refractivity (Wildman–Crippen MR) is 49.7 cm³/mol. The molecule has 0 bridgehead atoms. The fourth-order valence-electron chi connectivity index (χ4n) is 1.61. The number of hydrogen-bond acceptors (Lipinski definition) is 4. The van der Waals surface area contributed by atoms with E-state index in [-0.39, 0.29) is 0 Å². The third kappa shape index (κ3) is 0.968. The summed E-state index contributed by atoms with van der Waals surface area (Å²) in [5, 5.41) is 0. The Labute approximate surface area is 80.4 Å².